The van der Waals surface area contributed by atoms with E-state index in [-0.39, 0.29) is 6.03 Å². The van der Waals surface area contributed by atoms with E-state index in [4.69, 9.17) is 21.6 Å². The van der Waals surface area contributed by atoms with Gasteiger partial charge in [0.1, 0.15) is 12.4 Å². The normalized spacial score (nSPS) is 9.78. The van der Waals surface area contributed by atoms with Crippen LogP contribution in [0.15, 0.2) is 48.5 Å². The topological polar surface area (TPSA) is 65.4 Å². The predicted octanol–water partition coefficient (Wildman–Crippen LogP) is 3.75. The molecule has 5 nitrogen and oxygen atoms in total. The fourth-order valence-electron chi connectivity index (χ4n) is 1.81. The van der Waals surface area contributed by atoms with Gasteiger partial charge in [-0.2, -0.15) is 5.26 Å². The summed E-state index contributed by atoms with van der Waals surface area (Å²) in [7, 11) is 1.68. The minimum Gasteiger partial charge on any atom is -0.492 e. The Bertz CT molecular complexity index is 711. The average molecular weight is 330 g/mol. The maximum atomic E-state index is 12.0. The number of benzene rings is 2. The van der Waals surface area contributed by atoms with Crippen LogP contribution in [0, 0.1) is 11.3 Å². The molecule has 0 heterocycles. The zero-order valence-corrected chi connectivity index (χ0v) is 13.4. The zero-order valence-electron chi connectivity index (χ0n) is 12.6. The lowest BCUT2D eigenvalue weighted by atomic mass is 10.2. The Balaban J connectivity index is 1.79. The van der Waals surface area contributed by atoms with E-state index in [1.54, 1.807) is 49.5 Å². The Morgan fingerprint density at radius 3 is 2.70 bits per heavy atom. The van der Waals surface area contributed by atoms with Gasteiger partial charge in [0.15, 0.2) is 0 Å². The molecular formula is C17H16ClN3O2. The molecule has 2 amide bonds. The van der Waals surface area contributed by atoms with Gasteiger partial charge in [0, 0.05) is 17.8 Å². The van der Waals surface area contributed by atoms with Crippen molar-refractivity contribution in [2.24, 2.45) is 0 Å². The molecule has 0 spiro atoms. The van der Waals surface area contributed by atoms with Crippen molar-refractivity contribution in [3.8, 4) is 11.8 Å². The third kappa shape index (κ3) is 5.20. The molecule has 2 aromatic rings. The summed E-state index contributed by atoms with van der Waals surface area (Å²) >= 11 is 5.87. The molecule has 0 saturated heterocycles. The fourth-order valence-corrected chi connectivity index (χ4v) is 1.99. The highest BCUT2D eigenvalue weighted by Gasteiger charge is 2.08. The summed E-state index contributed by atoms with van der Waals surface area (Å²) in [6.07, 6.45) is 0. The number of likely N-dealkylation sites (N-methyl/N-ethyl adjacent to an activating group) is 1. The highest BCUT2D eigenvalue weighted by Crippen LogP contribution is 2.17. The molecule has 0 atom stereocenters. The molecule has 2 aromatic carbocycles. The number of hydrogen-bond donors (Lipinski definition) is 1. The highest BCUT2D eigenvalue weighted by molar-refractivity contribution is 6.30. The van der Waals surface area contributed by atoms with Gasteiger partial charge in [0.25, 0.3) is 0 Å². The van der Waals surface area contributed by atoms with Gasteiger partial charge < -0.3 is 15.0 Å². The van der Waals surface area contributed by atoms with Crippen LogP contribution in [0.1, 0.15) is 5.56 Å². The molecule has 0 fully saturated rings. The van der Waals surface area contributed by atoms with Gasteiger partial charge in [-0.3, -0.25) is 0 Å². The van der Waals surface area contributed by atoms with E-state index in [0.717, 1.165) is 0 Å². The maximum Gasteiger partial charge on any atom is 0.321 e. The first-order chi connectivity index (χ1) is 11.1. The quantitative estimate of drug-likeness (QED) is 0.908. The number of nitrogens with one attached hydrogen (secondary N) is 1. The van der Waals surface area contributed by atoms with Crippen molar-refractivity contribution in [3.05, 3.63) is 59.1 Å². The number of hydrogen-bond acceptors (Lipinski definition) is 3. The molecule has 0 aromatic heterocycles. The van der Waals surface area contributed by atoms with Crippen molar-refractivity contribution in [3.63, 3.8) is 0 Å². The Hall–Kier alpha value is -2.71. The van der Waals surface area contributed by atoms with Crippen LogP contribution in [0.4, 0.5) is 10.5 Å². The molecule has 6 heteroatoms. The number of anilines is 1. The number of carbonyl (C=O) groups is 1. The van der Waals surface area contributed by atoms with Crippen LogP contribution in [-0.4, -0.2) is 31.1 Å². The SMILES string of the molecule is CN(CCOc1cccc(Cl)c1)C(=O)Nc1ccc(C#N)cc1. The van der Waals surface area contributed by atoms with E-state index in [9.17, 15) is 4.79 Å². The minimum atomic E-state index is -0.246. The predicted molar refractivity (Wildman–Crippen MR) is 89.8 cm³/mol. The van der Waals surface area contributed by atoms with E-state index in [2.05, 4.69) is 5.32 Å². The summed E-state index contributed by atoms with van der Waals surface area (Å²) in [5, 5.41) is 12.1. The highest BCUT2D eigenvalue weighted by atomic mass is 35.5. The average Bonchev–Trinajstić information content (AvgIpc) is 2.55. The van der Waals surface area contributed by atoms with Crippen LogP contribution in [-0.2, 0) is 0 Å². The molecule has 0 bridgehead atoms. The number of nitriles is 1. The van der Waals surface area contributed by atoms with Crippen LogP contribution in [0.25, 0.3) is 0 Å². The summed E-state index contributed by atoms with van der Waals surface area (Å²) in [6, 6.07) is 15.6. The van der Waals surface area contributed by atoms with Crippen molar-refractivity contribution in [1.82, 2.24) is 4.90 Å². The summed E-state index contributed by atoms with van der Waals surface area (Å²) in [4.78, 5) is 13.6. The molecule has 118 valence electrons. The van der Waals surface area contributed by atoms with Crippen LogP contribution in [0.2, 0.25) is 5.02 Å². The van der Waals surface area contributed by atoms with E-state index in [1.165, 1.54) is 4.90 Å². The molecule has 2 rings (SSSR count). The van der Waals surface area contributed by atoms with Crippen LogP contribution >= 0.6 is 11.6 Å². The van der Waals surface area contributed by atoms with E-state index >= 15 is 0 Å². The monoisotopic (exact) mass is 329 g/mol. The molecule has 23 heavy (non-hydrogen) atoms. The molecule has 0 aliphatic heterocycles. The largest absolute Gasteiger partial charge is 0.492 e. The van der Waals surface area contributed by atoms with Crippen molar-refractivity contribution in [2.45, 2.75) is 0 Å². The van der Waals surface area contributed by atoms with Gasteiger partial charge in [0.05, 0.1) is 18.2 Å². The smallest absolute Gasteiger partial charge is 0.321 e. The van der Waals surface area contributed by atoms with E-state index in [0.29, 0.717) is 35.2 Å². The lowest BCUT2D eigenvalue weighted by Crippen LogP contribution is -2.34. The zero-order chi connectivity index (χ0) is 16.7. The van der Waals surface area contributed by atoms with Crippen molar-refractivity contribution >= 4 is 23.3 Å². The molecule has 0 aliphatic carbocycles. The van der Waals surface area contributed by atoms with E-state index in [1.807, 2.05) is 12.1 Å². The van der Waals surface area contributed by atoms with Crippen LogP contribution in [0.3, 0.4) is 0 Å². The van der Waals surface area contributed by atoms with E-state index < -0.39 is 0 Å². The Morgan fingerprint density at radius 2 is 2.04 bits per heavy atom. The third-order valence-electron chi connectivity index (χ3n) is 3.10. The number of rotatable bonds is 5. The Morgan fingerprint density at radius 1 is 1.30 bits per heavy atom. The first-order valence-corrected chi connectivity index (χ1v) is 7.37. The van der Waals surface area contributed by atoms with Gasteiger partial charge in [0.2, 0.25) is 0 Å². The summed E-state index contributed by atoms with van der Waals surface area (Å²) in [6.45, 7) is 0.784. The standard InChI is InChI=1S/C17H16ClN3O2/c1-21(9-10-23-16-4-2-3-14(18)11-16)17(22)20-15-7-5-13(12-19)6-8-15/h2-8,11H,9-10H2,1H3,(H,20,22). The van der Waals surface area contributed by atoms with Gasteiger partial charge in [-0.05, 0) is 42.5 Å². The lowest BCUT2D eigenvalue weighted by molar-refractivity contribution is 0.207. The van der Waals surface area contributed by atoms with Gasteiger partial charge in [-0.25, -0.2) is 4.79 Å². The first-order valence-electron chi connectivity index (χ1n) is 6.99. The second-order valence-electron chi connectivity index (χ2n) is 4.85. The first kappa shape index (κ1) is 16.7. The third-order valence-corrected chi connectivity index (χ3v) is 3.34. The summed E-state index contributed by atoms with van der Waals surface area (Å²) in [5.74, 6) is 0.665. The van der Waals surface area contributed by atoms with Crippen LogP contribution in [0.5, 0.6) is 5.75 Å². The molecule has 0 saturated carbocycles. The number of halogens is 1. The molecule has 1 N–H and O–H groups in total. The lowest BCUT2D eigenvalue weighted by Gasteiger charge is -2.18. The van der Waals surface area contributed by atoms with Crippen molar-refractivity contribution < 1.29 is 9.53 Å². The molecular weight excluding hydrogens is 314 g/mol. The number of carbonyl (C=O) groups excluding carboxylic acids is 1. The second-order valence-corrected chi connectivity index (χ2v) is 5.28. The number of amides is 2. The second kappa shape index (κ2) is 8.06. The Kier molecular flexibility index (Phi) is 5.84. The number of urea groups is 1. The fraction of sp³-hybridized carbons (Fsp3) is 0.176. The number of nitrogens with zero attached hydrogens (tertiary/aromatic N) is 2. The van der Waals surface area contributed by atoms with Crippen LogP contribution < -0.4 is 10.1 Å². The molecule has 0 radical (unpaired) electrons. The summed E-state index contributed by atoms with van der Waals surface area (Å²) in [5.41, 5.74) is 1.18. The summed E-state index contributed by atoms with van der Waals surface area (Å²) < 4.78 is 5.55. The van der Waals surface area contributed by atoms with Gasteiger partial charge in [-0.1, -0.05) is 17.7 Å². The Labute approximate surface area is 140 Å². The van der Waals surface area contributed by atoms with Gasteiger partial charge in [-0.15, -0.1) is 0 Å². The molecule has 0 aliphatic rings. The maximum absolute atomic E-state index is 12.0. The number of ether oxygens (including phenoxy) is 1. The molecule has 0 unspecified atom stereocenters. The van der Waals surface area contributed by atoms with Gasteiger partial charge >= 0.3 is 6.03 Å². The van der Waals surface area contributed by atoms with Crippen molar-refractivity contribution in [2.75, 3.05) is 25.5 Å². The van der Waals surface area contributed by atoms with Crippen molar-refractivity contribution in [1.29, 1.82) is 5.26 Å². The minimum absolute atomic E-state index is 0.246.